The molecule has 0 saturated carbocycles. The zero-order chi connectivity index (χ0) is 29.4. The number of hydrogen-bond donors (Lipinski definition) is 2. The highest BCUT2D eigenvalue weighted by Crippen LogP contribution is 2.44. The van der Waals surface area contributed by atoms with Crippen LogP contribution in [0.25, 0.3) is 17.2 Å². The van der Waals surface area contributed by atoms with Crippen LogP contribution < -0.4 is 10.1 Å². The monoisotopic (exact) mass is 555 g/mol. The van der Waals surface area contributed by atoms with Crippen LogP contribution in [0.5, 0.6) is 11.5 Å². The molecule has 0 bridgehead atoms. The lowest BCUT2D eigenvalue weighted by Crippen LogP contribution is -2.41. The third kappa shape index (κ3) is 5.47. The number of fused-ring (bicyclic) bond motifs is 3. The van der Waals surface area contributed by atoms with Crippen molar-refractivity contribution in [2.24, 2.45) is 0 Å². The number of carbonyl (C=O) groups is 2. The molecule has 2 N–H and O–H groups in total. The van der Waals surface area contributed by atoms with Crippen molar-refractivity contribution in [2.75, 3.05) is 20.3 Å². The molecule has 41 heavy (non-hydrogen) atoms. The van der Waals surface area contributed by atoms with Crippen LogP contribution in [-0.2, 0) is 14.0 Å². The number of carbonyl (C=O) groups excluding carboxylic acids is 2. The largest absolute Gasteiger partial charge is 0.504 e. The predicted octanol–water partition coefficient (Wildman–Crippen LogP) is 5.77. The van der Waals surface area contributed by atoms with Gasteiger partial charge in [-0.05, 0) is 73.1 Å². The van der Waals surface area contributed by atoms with E-state index in [0.29, 0.717) is 17.3 Å². The van der Waals surface area contributed by atoms with E-state index in [9.17, 15) is 14.7 Å². The third-order valence-electron chi connectivity index (χ3n) is 8.16. The van der Waals surface area contributed by atoms with Gasteiger partial charge in [0.15, 0.2) is 17.8 Å². The number of hydrogen-bond acceptors (Lipinski definition) is 7. The van der Waals surface area contributed by atoms with Gasteiger partial charge in [-0.1, -0.05) is 54.6 Å². The second-order valence-electron chi connectivity index (χ2n) is 11.3. The lowest BCUT2D eigenvalue weighted by molar-refractivity contribution is 0.00578. The van der Waals surface area contributed by atoms with Crippen LogP contribution in [-0.4, -0.2) is 56.1 Å². The fourth-order valence-corrected chi connectivity index (χ4v) is 5.21. The molecule has 1 aliphatic heterocycles. The summed E-state index contributed by atoms with van der Waals surface area (Å²) in [4.78, 5) is 24.5. The van der Waals surface area contributed by atoms with Crippen molar-refractivity contribution in [3.05, 3.63) is 88.4 Å². The summed E-state index contributed by atoms with van der Waals surface area (Å²) in [5.41, 5.74) is 4.60. The van der Waals surface area contributed by atoms with E-state index < -0.39 is 24.4 Å². The molecular weight excluding hydrogens is 521 g/mol. The topological polar surface area (TPSA) is 103 Å². The molecule has 0 unspecified atom stereocenters. The summed E-state index contributed by atoms with van der Waals surface area (Å²) >= 11 is 0. The number of benzene rings is 3. The van der Waals surface area contributed by atoms with Gasteiger partial charge in [0.25, 0.3) is 0 Å². The Balaban J connectivity index is 1.35. The molecule has 1 aliphatic carbocycles. The van der Waals surface area contributed by atoms with E-state index in [4.69, 9.17) is 18.8 Å². The number of methoxy groups -OCH3 is 1. The molecule has 0 radical (unpaired) electrons. The predicted molar refractivity (Wildman–Crippen MR) is 157 cm³/mol. The maximum Gasteiger partial charge on any atom is 0.492 e. The molecule has 9 heteroatoms. The number of ether oxygens (including phenoxy) is 2. The van der Waals surface area contributed by atoms with Crippen LogP contribution in [0.2, 0.25) is 0 Å². The van der Waals surface area contributed by atoms with E-state index in [-0.39, 0.29) is 36.1 Å². The zero-order valence-electron chi connectivity index (χ0n) is 23.9. The number of aromatic hydroxyl groups is 1. The molecule has 0 spiro atoms. The quantitative estimate of drug-likeness (QED) is 0.269. The van der Waals surface area contributed by atoms with Gasteiger partial charge in [-0.25, -0.2) is 4.79 Å². The SMILES string of the molecule is COc1cc(C=C(CNC(=O)OCC2c3ccccc3-c3ccccc32)B2OC(C)(C)C(C)(C)O2)cc(C=O)c1O. The average molecular weight is 555 g/mol. The summed E-state index contributed by atoms with van der Waals surface area (Å²) in [7, 11) is 0.638. The number of alkyl carbamates (subject to hydrolysis) is 1. The minimum Gasteiger partial charge on any atom is -0.504 e. The van der Waals surface area contributed by atoms with E-state index in [1.54, 1.807) is 12.1 Å². The van der Waals surface area contributed by atoms with Gasteiger partial charge in [0, 0.05) is 12.5 Å². The molecule has 5 rings (SSSR count). The standard InChI is InChI=1S/C32H34BNO7/c1-31(2)32(3,4)41-33(40-31)22(15-20-14-21(18-35)29(36)28(16-20)38-5)17-34-30(37)39-19-27-25-12-8-6-10-23(25)24-11-7-9-13-26(24)27/h6-16,18,27,36H,17,19H2,1-5H3,(H,34,37). The van der Waals surface area contributed by atoms with Crippen molar-refractivity contribution in [1.82, 2.24) is 5.32 Å². The van der Waals surface area contributed by atoms with Crippen molar-refractivity contribution in [2.45, 2.75) is 44.8 Å². The van der Waals surface area contributed by atoms with Gasteiger partial charge in [-0.2, -0.15) is 0 Å². The normalized spacial score (nSPS) is 17.1. The highest BCUT2D eigenvalue weighted by atomic mass is 16.7. The minimum absolute atomic E-state index is 0.0579. The number of amides is 1. The van der Waals surface area contributed by atoms with Crippen LogP contribution in [0.15, 0.2) is 66.1 Å². The van der Waals surface area contributed by atoms with Crippen LogP contribution in [0.1, 0.15) is 60.7 Å². The summed E-state index contributed by atoms with van der Waals surface area (Å²) < 4.78 is 23.5. The van der Waals surface area contributed by atoms with Gasteiger partial charge < -0.3 is 29.2 Å². The van der Waals surface area contributed by atoms with Gasteiger partial charge in [-0.15, -0.1) is 0 Å². The van der Waals surface area contributed by atoms with Crippen molar-refractivity contribution < 1.29 is 33.5 Å². The van der Waals surface area contributed by atoms with Gasteiger partial charge >= 0.3 is 13.2 Å². The summed E-state index contributed by atoms with van der Waals surface area (Å²) in [5.74, 6) is -0.148. The molecule has 2 aliphatic rings. The van der Waals surface area contributed by atoms with Gasteiger partial charge in [0.1, 0.15) is 6.61 Å². The highest BCUT2D eigenvalue weighted by molar-refractivity contribution is 6.56. The summed E-state index contributed by atoms with van der Waals surface area (Å²) in [6.07, 6.45) is 1.73. The summed E-state index contributed by atoms with van der Waals surface area (Å²) in [6.45, 7) is 8.02. The van der Waals surface area contributed by atoms with E-state index in [1.807, 2.05) is 52.0 Å². The van der Waals surface area contributed by atoms with Crippen molar-refractivity contribution in [1.29, 1.82) is 0 Å². The molecule has 1 saturated heterocycles. The highest BCUT2D eigenvalue weighted by Gasteiger charge is 2.52. The lowest BCUT2D eigenvalue weighted by atomic mass is 9.77. The maximum absolute atomic E-state index is 13.0. The Morgan fingerprint density at radius 2 is 1.59 bits per heavy atom. The third-order valence-corrected chi connectivity index (χ3v) is 8.16. The number of phenols is 1. The zero-order valence-corrected chi connectivity index (χ0v) is 23.9. The molecule has 0 atom stereocenters. The Hall–Kier alpha value is -4.08. The summed E-state index contributed by atoms with van der Waals surface area (Å²) in [6, 6.07) is 19.5. The number of nitrogens with one attached hydrogen (secondary N) is 1. The van der Waals surface area contributed by atoms with E-state index in [1.165, 1.54) is 13.2 Å². The summed E-state index contributed by atoms with van der Waals surface area (Å²) in [5, 5.41) is 13.1. The van der Waals surface area contributed by atoms with Crippen LogP contribution in [0, 0.1) is 0 Å². The number of aldehydes is 1. The van der Waals surface area contributed by atoms with E-state index >= 15 is 0 Å². The molecular formula is C32H34BNO7. The molecule has 1 amide bonds. The van der Waals surface area contributed by atoms with Gasteiger partial charge in [0.05, 0.1) is 23.9 Å². The van der Waals surface area contributed by atoms with Gasteiger partial charge in [0.2, 0.25) is 0 Å². The average Bonchev–Trinajstić information content (AvgIpc) is 3.39. The molecule has 1 fully saturated rings. The van der Waals surface area contributed by atoms with Crippen molar-refractivity contribution >= 4 is 25.6 Å². The molecule has 0 aromatic heterocycles. The van der Waals surface area contributed by atoms with E-state index in [0.717, 1.165) is 22.3 Å². The van der Waals surface area contributed by atoms with Crippen LogP contribution in [0.3, 0.4) is 0 Å². The first kappa shape index (κ1) is 28.5. The first-order valence-corrected chi connectivity index (χ1v) is 13.6. The van der Waals surface area contributed by atoms with Crippen molar-refractivity contribution in [3.63, 3.8) is 0 Å². The second kappa shape index (κ2) is 11.1. The Morgan fingerprint density at radius 3 is 2.15 bits per heavy atom. The first-order chi connectivity index (χ1) is 19.5. The smallest absolute Gasteiger partial charge is 0.492 e. The molecule has 3 aromatic rings. The Morgan fingerprint density at radius 1 is 1.00 bits per heavy atom. The Bertz CT molecular complexity index is 1450. The first-order valence-electron chi connectivity index (χ1n) is 13.6. The molecule has 1 heterocycles. The Kier molecular flexibility index (Phi) is 7.68. The number of phenolic OH excluding ortho intramolecular Hbond substituents is 1. The van der Waals surface area contributed by atoms with Crippen molar-refractivity contribution in [3.8, 4) is 22.6 Å². The minimum atomic E-state index is -0.770. The second-order valence-corrected chi connectivity index (χ2v) is 11.3. The maximum atomic E-state index is 13.0. The van der Waals surface area contributed by atoms with E-state index in [2.05, 4.69) is 29.6 Å². The fourth-order valence-electron chi connectivity index (χ4n) is 5.21. The fraction of sp³-hybridized carbons (Fsp3) is 0.312. The number of rotatable bonds is 8. The molecule has 3 aromatic carbocycles. The van der Waals surface area contributed by atoms with Crippen LogP contribution in [0.4, 0.5) is 4.79 Å². The van der Waals surface area contributed by atoms with Gasteiger partial charge in [-0.3, -0.25) is 4.79 Å². The van der Waals surface area contributed by atoms with Crippen LogP contribution >= 0.6 is 0 Å². The Labute approximate surface area is 240 Å². The lowest BCUT2D eigenvalue weighted by Gasteiger charge is -2.32. The molecule has 212 valence electrons. The molecule has 8 nitrogen and oxygen atoms in total.